The minimum Gasteiger partial charge on any atom is -0.480 e. The summed E-state index contributed by atoms with van der Waals surface area (Å²) in [6, 6.07) is -0.103. The van der Waals surface area contributed by atoms with Crippen molar-refractivity contribution in [3.63, 3.8) is 0 Å². The number of aliphatic carboxylic acids is 1. The summed E-state index contributed by atoms with van der Waals surface area (Å²) in [7, 11) is -3.77. The van der Waals surface area contributed by atoms with E-state index in [0.29, 0.717) is 0 Å². The first-order valence-corrected chi connectivity index (χ1v) is 7.53. The Balaban J connectivity index is 4.04. The third-order valence-corrected chi connectivity index (χ3v) is 3.26. The van der Waals surface area contributed by atoms with Crippen molar-refractivity contribution in [2.75, 3.05) is 18.8 Å². The molecule has 0 saturated heterocycles. The molecule has 0 heterocycles. The number of sulfonamides is 1. The number of nitrogens with one attached hydrogen (secondary N) is 3. The summed E-state index contributed by atoms with van der Waals surface area (Å²) in [5.41, 5.74) is 0. The van der Waals surface area contributed by atoms with Crippen LogP contribution in [0, 0.1) is 0 Å². The van der Waals surface area contributed by atoms with Gasteiger partial charge in [0.05, 0.1) is 12.3 Å². The van der Waals surface area contributed by atoms with Crippen LogP contribution in [0.5, 0.6) is 0 Å². The van der Waals surface area contributed by atoms with Crippen molar-refractivity contribution in [2.24, 2.45) is 0 Å². The van der Waals surface area contributed by atoms with Gasteiger partial charge < -0.3 is 15.7 Å². The van der Waals surface area contributed by atoms with E-state index >= 15 is 0 Å². The quantitative estimate of drug-likeness (QED) is 0.389. The highest BCUT2D eigenvalue weighted by molar-refractivity contribution is 7.89. The number of carbonyl (C=O) groups excluding carboxylic acids is 2. The van der Waals surface area contributed by atoms with Crippen molar-refractivity contribution >= 4 is 27.8 Å². The molecule has 0 atom stereocenters. The highest BCUT2D eigenvalue weighted by atomic mass is 32.2. The van der Waals surface area contributed by atoms with Crippen LogP contribution in [0.25, 0.3) is 0 Å². The average Bonchev–Trinajstić information content (AvgIpc) is 2.31. The van der Waals surface area contributed by atoms with Gasteiger partial charge in [-0.1, -0.05) is 0 Å². The summed E-state index contributed by atoms with van der Waals surface area (Å²) in [6.07, 6.45) is -0.381. The van der Waals surface area contributed by atoms with E-state index in [2.05, 4.69) is 5.32 Å². The second-order valence-electron chi connectivity index (χ2n) is 4.28. The second kappa shape index (κ2) is 8.48. The minimum atomic E-state index is -3.77. The van der Waals surface area contributed by atoms with Gasteiger partial charge in [0, 0.05) is 12.5 Å². The molecule has 9 nitrogen and oxygen atoms in total. The lowest BCUT2D eigenvalue weighted by Gasteiger charge is -2.09. The maximum absolute atomic E-state index is 11.5. The van der Waals surface area contributed by atoms with Gasteiger partial charge >= 0.3 is 5.97 Å². The summed E-state index contributed by atoms with van der Waals surface area (Å²) < 4.78 is 25.0. The lowest BCUT2D eigenvalue weighted by Crippen LogP contribution is -2.41. The monoisotopic (exact) mass is 309 g/mol. The van der Waals surface area contributed by atoms with E-state index in [1.54, 1.807) is 13.8 Å². The Morgan fingerprint density at radius 2 is 1.70 bits per heavy atom. The van der Waals surface area contributed by atoms with Crippen LogP contribution >= 0.6 is 0 Å². The number of hydrogen-bond donors (Lipinski definition) is 4. The van der Waals surface area contributed by atoms with Crippen LogP contribution in [0.4, 0.5) is 0 Å². The number of amides is 2. The molecule has 116 valence electrons. The largest absolute Gasteiger partial charge is 0.480 e. The maximum Gasteiger partial charge on any atom is 0.322 e. The third kappa shape index (κ3) is 10.3. The van der Waals surface area contributed by atoms with E-state index in [0.717, 1.165) is 0 Å². The smallest absolute Gasteiger partial charge is 0.322 e. The molecule has 0 bridgehead atoms. The number of rotatable bonds is 9. The summed E-state index contributed by atoms with van der Waals surface area (Å²) in [5.74, 6) is -2.90. The summed E-state index contributed by atoms with van der Waals surface area (Å²) in [4.78, 5) is 32.5. The van der Waals surface area contributed by atoms with Crippen LogP contribution in [0.15, 0.2) is 0 Å². The van der Waals surface area contributed by atoms with Crippen molar-refractivity contribution in [1.29, 1.82) is 0 Å². The standard InChI is InChI=1S/C10H19N3O6S/c1-7(2)13-9(15)5-12-20(18,19)4-3-8(14)11-6-10(16)17/h7,12H,3-6H2,1-2H3,(H,11,14)(H,13,15)(H,16,17). The Labute approximate surface area is 117 Å². The Hall–Kier alpha value is -1.68. The normalized spacial score (nSPS) is 11.2. The summed E-state index contributed by atoms with van der Waals surface area (Å²) >= 11 is 0. The van der Waals surface area contributed by atoms with E-state index < -0.39 is 46.6 Å². The SMILES string of the molecule is CC(C)NC(=O)CNS(=O)(=O)CCC(=O)NCC(=O)O. The van der Waals surface area contributed by atoms with Gasteiger partial charge in [0.15, 0.2) is 0 Å². The highest BCUT2D eigenvalue weighted by Crippen LogP contribution is 1.90. The molecule has 0 aromatic rings. The number of carboxylic acids is 1. The lowest BCUT2D eigenvalue weighted by atomic mass is 10.4. The molecule has 0 aliphatic carbocycles. The molecule has 0 aliphatic heterocycles. The molecule has 0 aliphatic rings. The van der Waals surface area contributed by atoms with Gasteiger partial charge in [-0.3, -0.25) is 14.4 Å². The number of hydrogen-bond acceptors (Lipinski definition) is 5. The predicted octanol–water partition coefficient (Wildman–Crippen LogP) is -1.98. The Morgan fingerprint density at radius 3 is 2.20 bits per heavy atom. The lowest BCUT2D eigenvalue weighted by molar-refractivity contribution is -0.137. The van der Waals surface area contributed by atoms with Gasteiger partial charge in [0.25, 0.3) is 0 Å². The second-order valence-corrected chi connectivity index (χ2v) is 6.21. The first-order valence-electron chi connectivity index (χ1n) is 5.87. The van der Waals surface area contributed by atoms with Crippen molar-refractivity contribution < 1.29 is 27.9 Å². The topological polar surface area (TPSA) is 142 Å². The molecule has 0 radical (unpaired) electrons. The number of carbonyl (C=O) groups is 3. The van der Waals surface area contributed by atoms with E-state index in [4.69, 9.17) is 5.11 Å². The molecular weight excluding hydrogens is 290 g/mol. The van der Waals surface area contributed by atoms with E-state index in [1.165, 1.54) is 0 Å². The van der Waals surface area contributed by atoms with Crippen LogP contribution in [-0.4, -0.2) is 56.2 Å². The van der Waals surface area contributed by atoms with Gasteiger partial charge in [-0.05, 0) is 13.8 Å². The molecule has 10 heteroatoms. The van der Waals surface area contributed by atoms with Crippen LogP contribution in [0.1, 0.15) is 20.3 Å². The van der Waals surface area contributed by atoms with E-state index in [1.807, 2.05) is 10.0 Å². The van der Waals surface area contributed by atoms with Gasteiger partial charge in [0.2, 0.25) is 21.8 Å². The fourth-order valence-corrected chi connectivity index (χ4v) is 2.06. The molecule has 4 N–H and O–H groups in total. The Kier molecular flexibility index (Phi) is 7.77. The first kappa shape index (κ1) is 18.3. The molecule has 0 unspecified atom stereocenters. The zero-order valence-electron chi connectivity index (χ0n) is 11.3. The highest BCUT2D eigenvalue weighted by Gasteiger charge is 2.15. The fourth-order valence-electron chi connectivity index (χ4n) is 1.11. The van der Waals surface area contributed by atoms with Gasteiger partial charge in [0.1, 0.15) is 6.54 Å². The van der Waals surface area contributed by atoms with Crippen LogP contribution in [-0.2, 0) is 24.4 Å². The Morgan fingerprint density at radius 1 is 1.10 bits per heavy atom. The molecule has 0 fully saturated rings. The Bertz CT molecular complexity index is 460. The zero-order chi connectivity index (χ0) is 15.8. The number of carboxylic acid groups (broad SMARTS) is 1. The van der Waals surface area contributed by atoms with Crippen LogP contribution in [0.3, 0.4) is 0 Å². The molecule has 2 amide bonds. The minimum absolute atomic E-state index is 0.103. The van der Waals surface area contributed by atoms with Gasteiger partial charge in [-0.2, -0.15) is 0 Å². The first-order chi connectivity index (χ1) is 9.12. The molecule has 0 aromatic heterocycles. The van der Waals surface area contributed by atoms with Crippen molar-refractivity contribution in [3.05, 3.63) is 0 Å². The molecule has 20 heavy (non-hydrogen) atoms. The van der Waals surface area contributed by atoms with Gasteiger partial charge in [-0.15, -0.1) is 0 Å². The summed E-state index contributed by atoms with van der Waals surface area (Å²) in [5, 5.41) is 12.9. The molecule has 0 aromatic carbocycles. The molecule has 0 spiro atoms. The van der Waals surface area contributed by atoms with E-state index in [-0.39, 0.29) is 12.5 Å². The summed E-state index contributed by atoms with van der Waals surface area (Å²) in [6.45, 7) is 2.50. The predicted molar refractivity (Wildman–Crippen MR) is 70.3 cm³/mol. The van der Waals surface area contributed by atoms with Gasteiger partial charge in [-0.25, -0.2) is 13.1 Å². The maximum atomic E-state index is 11.5. The third-order valence-electron chi connectivity index (χ3n) is 1.94. The fraction of sp³-hybridized carbons (Fsp3) is 0.700. The molecule has 0 saturated carbocycles. The molecular formula is C10H19N3O6S. The average molecular weight is 309 g/mol. The zero-order valence-corrected chi connectivity index (χ0v) is 12.1. The molecule has 0 rings (SSSR count). The van der Waals surface area contributed by atoms with Crippen molar-refractivity contribution in [1.82, 2.24) is 15.4 Å². The van der Waals surface area contributed by atoms with Crippen molar-refractivity contribution in [2.45, 2.75) is 26.3 Å². The van der Waals surface area contributed by atoms with E-state index in [9.17, 15) is 22.8 Å². The van der Waals surface area contributed by atoms with Crippen LogP contribution in [0.2, 0.25) is 0 Å². The van der Waals surface area contributed by atoms with Crippen LogP contribution < -0.4 is 15.4 Å². The van der Waals surface area contributed by atoms with Crippen molar-refractivity contribution in [3.8, 4) is 0 Å².